The van der Waals surface area contributed by atoms with E-state index in [0.29, 0.717) is 44.0 Å². The molecule has 16 nitrogen and oxygen atoms in total. The number of hydrogen-bond donors (Lipinski definition) is 2. The van der Waals surface area contributed by atoms with Gasteiger partial charge in [0.05, 0.1) is 31.3 Å². The summed E-state index contributed by atoms with van der Waals surface area (Å²) in [4.78, 5) is 49.0. The molecule has 17 heteroatoms. The zero-order chi connectivity index (χ0) is 47.0. The van der Waals surface area contributed by atoms with Gasteiger partial charge in [-0.25, -0.2) is 4.79 Å². The van der Waals surface area contributed by atoms with Crippen LogP contribution in [0.1, 0.15) is 127 Å². The maximum Gasteiger partial charge on any atom is 0.410 e. The number of carbonyl (C=O) groups excluding carboxylic acids is 3. The minimum Gasteiger partial charge on any atom is -0.494 e. The van der Waals surface area contributed by atoms with Crippen LogP contribution in [0.3, 0.4) is 0 Å². The predicted octanol–water partition coefficient (Wildman–Crippen LogP) is 7.42. The van der Waals surface area contributed by atoms with Gasteiger partial charge < -0.3 is 49.8 Å². The van der Waals surface area contributed by atoms with Crippen molar-refractivity contribution in [1.29, 1.82) is 5.26 Å². The second kappa shape index (κ2) is 25.2. The molecule has 360 valence electrons. The van der Waals surface area contributed by atoms with Crippen molar-refractivity contribution in [2.45, 2.75) is 122 Å². The Bertz CT molecular complexity index is 2010. The van der Waals surface area contributed by atoms with Gasteiger partial charge in [-0.1, -0.05) is 43.3 Å². The van der Waals surface area contributed by atoms with Crippen LogP contribution in [0, 0.1) is 23.2 Å². The first-order chi connectivity index (χ1) is 31.9. The average Bonchev–Trinajstić information content (AvgIpc) is 4.16. The van der Waals surface area contributed by atoms with Gasteiger partial charge in [-0.3, -0.25) is 9.59 Å². The zero-order valence-corrected chi connectivity index (χ0v) is 40.2. The molecule has 1 aromatic heterocycles. The van der Waals surface area contributed by atoms with Gasteiger partial charge in [0.2, 0.25) is 11.8 Å². The van der Waals surface area contributed by atoms with Gasteiger partial charge in [-0.05, 0) is 125 Å². The Labute approximate surface area is 395 Å². The number of hydrogen-bond acceptors (Lipinski definition) is 14. The number of anilines is 1. The van der Waals surface area contributed by atoms with Gasteiger partial charge in [0.25, 0.3) is 0 Å². The van der Waals surface area contributed by atoms with Crippen LogP contribution in [0.2, 0.25) is 0 Å². The first-order valence-corrected chi connectivity index (χ1v) is 25.1. The van der Waals surface area contributed by atoms with Crippen LogP contribution < -0.4 is 25.8 Å². The van der Waals surface area contributed by atoms with E-state index in [0.717, 1.165) is 131 Å². The first-order valence-electron chi connectivity index (χ1n) is 24.0. The number of rotatable bonds is 17. The molecular weight excluding hydrogens is 859 g/mol. The Balaban J connectivity index is 0.000000218. The maximum atomic E-state index is 12.7. The van der Waals surface area contributed by atoms with Crippen molar-refractivity contribution < 1.29 is 33.1 Å². The van der Waals surface area contributed by atoms with Crippen LogP contribution >= 0.6 is 11.8 Å². The van der Waals surface area contributed by atoms with E-state index in [1.165, 1.54) is 0 Å². The van der Waals surface area contributed by atoms with Gasteiger partial charge in [-0.2, -0.15) is 10.2 Å². The molecule has 4 aliphatic rings. The van der Waals surface area contributed by atoms with Crippen molar-refractivity contribution in [3.63, 3.8) is 0 Å². The quantitative estimate of drug-likeness (QED) is 0.126. The third kappa shape index (κ3) is 14.5. The zero-order valence-electron chi connectivity index (χ0n) is 39.4. The number of ether oxygens (including phenoxy) is 3. The van der Waals surface area contributed by atoms with Gasteiger partial charge >= 0.3 is 12.1 Å². The Hall–Kier alpha value is -5.05. The number of nitrogens with zero attached hydrogens (tertiary/aromatic N) is 7. The third-order valence-electron chi connectivity index (χ3n) is 12.9. The normalized spacial score (nSPS) is 19.0. The standard InChI is InChI=1S/C25H36N4O4.C24H35N5O3S/c1-18(2)33-25(31)28-14-11-19(12-15-28)5-4-16-32-22-9-7-20(8-10-22)23(27)24(30)29-13-3-6-21(29)17-26;1-17(2)22-26-24(32-27-22)28-11-9-18(10-12-28)4-3-14-31-20-7-5-19(6-8-20)21(25)23(30)29-13-15-33-16-29/h7-10,18-19,21,23H,3-6,11-16,27H2,1-2H3;5-8,17-18,21H,3-4,9-16,25H2,1-2H3/t21-,23-;21-/m00/s1. The number of benzene rings is 2. The van der Waals surface area contributed by atoms with E-state index in [4.69, 9.17) is 30.2 Å². The number of piperidine rings is 2. The summed E-state index contributed by atoms with van der Waals surface area (Å²) in [5.41, 5.74) is 13.9. The fraction of sp³-hybridized carbons (Fsp3) is 0.633. The van der Waals surface area contributed by atoms with Crippen molar-refractivity contribution in [3.8, 4) is 17.6 Å². The summed E-state index contributed by atoms with van der Waals surface area (Å²) >= 11 is 1.77. The lowest BCUT2D eigenvalue weighted by Gasteiger charge is -2.31. The molecule has 0 radical (unpaired) electrons. The molecule has 0 saturated carbocycles. The Morgan fingerprint density at radius 3 is 1.83 bits per heavy atom. The average molecular weight is 930 g/mol. The van der Waals surface area contributed by atoms with Crippen LogP contribution in [0.25, 0.3) is 0 Å². The van der Waals surface area contributed by atoms with Crippen LogP contribution in [0.15, 0.2) is 53.1 Å². The summed E-state index contributed by atoms with van der Waals surface area (Å²) in [5, 5.41) is 13.3. The number of aromatic nitrogens is 2. The lowest BCUT2D eigenvalue weighted by atomic mass is 9.92. The van der Waals surface area contributed by atoms with Crippen molar-refractivity contribution in [3.05, 3.63) is 65.5 Å². The molecule has 66 heavy (non-hydrogen) atoms. The molecule has 0 spiro atoms. The highest BCUT2D eigenvalue weighted by Crippen LogP contribution is 2.28. The molecule has 7 rings (SSSR count). The monoisotopic (exact) mass is 930 g/mol. The molecule has 4 aliphatic heterocycles. The van der Waals surface area contributed by atoms with Crippen LogP contribution in [-0.2, 0) is 14.3 Å². The van der Waals surface area contributed by atoms with Crippen LogP contribution in [-0.4, -0.2) is 119 Å². The second-order valence-corrected chi connectivity index (χ2v) is 19.5. The molecule has 3 atom stereocenters. The van der Waals surface area contributed by atoms with E-state index in [-0.39, 0.29) is 36.0 Å². The summed E-state index contributed by atoms with van der Waals surface area (Å²) in [5.74, 6) is 5.46. The van der Waals surface area contributed by atoms with Gasteiger partial charge in [0, 0.05) is 50.9 Å². The maximum absolute atomic E-state index is 12.7. The topological polar surface area (TPSA) is 207 Å². The van der Waals surface area contributed by atoms with Gasteiger partial charge in [0.15, 0.2) is 5.82 Å². The summed E-state index contributed by atoms with van der Waals surface area (Å²) in [7, 11) is 0. The fourth-order valence-electron chi connectivity index (χ4n) is 8.76. The van der Waals surface area contributed by atoms with Crippen molar-refractivity contribution in [1.82, 2.24) is 24.8 Å². The van der Waals surface area contributed by atoms with Crippen LogP contribution in [0.4, 0.5) is 10.8 Å². The number of nitrogens with two attached hydrogens (primary N) is 2. The SMILES string of the molecule is CC(C)OC(=O)N1CCC(CCCOc2ccc([C@H](N)C(=O)N3CCC[C@H]3C#N)cc2)CC1.CC(C)c1noc(N2CCC(CCCOc3ccc([C@H](N)C(=O)N4CCSC4)cc3)CC2)n1. The van der Waals surface area contributed by atoms with E-state index in [1.807, 2.05) is 67.3 Å². The molecule has 3 aromatic rings. The minimum absolute atomic E-state index is 0.000769. The molecule has 0 aliphatic carbocycles. The molecule has 0 bridgehead atoms. The third-order valence-corrected chi connectivity index (χ3v) is 13.8. The van der Waals surface area contributed by atoms with Crippen molar-refractivity contribution in [2.75, 3.05) is 69.0 Å². The van der Waals surface area contributed by atoms with Crippen LogP contribution in [0.5, 0.6) is 11.5 Å². The molecule has 4 saturated heterocycles. The molecule has 4 N–H and O–H groups in total. The van der Waals surface area contributed by atoms with Gasteiger partial charge in [-0.15, -0.1) is 11.8 Å². The molecule has 5 heterocycles. The predicted molar refractivity (Wildman–Crippen MR) is 255 cm³/mol. The van der Waals surface area contributed by atoms with Crippen molar-refractivity contribution in [2.24, 2.45) is 23.3 Å². The number of thioether (sulfide) groups is 1. The highest BCUT2D eigenvalue weighted by molar-refractivity contribution is 7.99. The Kier molecular flexibility index (Phi) is 19.2. The second-order valence-electron chi connectivity index (χ2n) is 18.4. The molecule has 2 aromatic carbocycles. The minimum atomic E-state index is -0.767. The molecule has 4 fully saturated rings. The summed E-state index contributed by atoms with van der Waals surface area (Å²) in [6.45, 7) is 14.0. The number of carbonyl (C=O) groups is 3. The van der Waals surface area contributed by atoms with E-state index in [2.05, 4.69) is 35.0 Å². The van der Waals surface area contributed by atoms with E-state index in [9.17, 15) is 19.6 Å². The van der Waals surface area contributed by atoms with E-state index >= 15 is 0 Å². The van der Waals surface area contributed by atoms with E-state index in [1.54, 1.807) is 21.6 Å². The summed E-state index contributed by atoms with van der Waals surface area (Å²) in [6.07, 6.45) is 9.72. The Morgan fingerprint density at radius 2 is 1.33 bits per heavy atom. The highest BCUT2D eigenvalue weighted by atomic mass is 32.2. The molecule has 0 unspecified atom stereocenters. The van der Waals surface area contributed by atoms with E-state index < -0.39 is 12.1 Å². The van der Waals surface area contributed by atoms with Gasteiger partial charge in [0.1, 0.15) is 29.6 Å². The number of likely N-dealkylation sites (tertiary alicyclic amines) is 2. The van der Waals surface area contributed by atoms with Crippen molar-refractivity contribution >= 4 is 35.7 Å². The Morgan fingerprint density at radius 1 is 0.773 bits per heavy atom. The summed E-state index contributed by atoms with van der Waals surface area (Å²) < 4.78 is 22.5. The smallest absolute Gasteiger partial charge is 0.410 e. The molecule has 3 amide bonds. The lowest BCUT2D eigenvalue weighted by molar-refractivity contribution is -0.133. The fourth-order valence-corrected chi connectivity index (χ4v) is 9.72. The summed E-state index contributed by atoms with van der Waals surface area (Å²) in [6, 6.07) is 16.1. The number of amides is 3. The molecular formula is C49H71N9O7S. The largest absolute Gasteiger partial charge is 0.494 e. The lowest BCUT2D eigenvalue weighted by Crippen LogP contribution is -2.40. The first kappa shape index (κ1) is 50.4. The number of nitriles is 1. The highest BCUT2D eigenvalue weighted by Gasteiger charge is 2.32.